The van der Waals surface area contributed by atoms with Gasteiger partial charge in [-0.1, -0.05) is 46.3 Å². The molecule has 6 heteroatoms. The first-order valence-corrected chi connectivity index (χ1v) is 7.16. The highest BCUT2D eigenvalue weighted by Gasteiger charge is 2.11. The first-order valence-electron chi connectivity index (χ1n) is 6.37. The van der Waals surface area contributed by atoms with Crippen LogP contribution < -0.4 is 4.74 Å². The van der Waals surface area contributed by atoms with Crippen molar-refractivity contribution in [2.24, 2.45) is 0 Å². The smallest absolute Gasteiger partial charge is 0.308 e. The third-order valence-corrected chi connectivity index (χ3v) is 3.53. The second kappa shape index (κ2) is 7.00. The quantitative estimate of drug-likeness (QED) is 0.265. The Morgan fingerprint density at radius 3 is 2.50 bits per heavy atom. The third kappa shape index (κ3) is 4.02. The fourth-order valence-electron chi connectivity index (χ4n) is 1.82. The average Bonchev–Trinajstić information content (AvgIpc) is 2.47. The van der Waals surface area contributed by atoms with Crippen molar-refractivity contribution in [3.8, 4) is 5.75 Å². The van der Waals surface area contributed by atoms with Crippen LogP contribution in [0.2, 0.25) is 0 Å². The number of nitrogens with zero attached hydrogens (tertiary/aromatic N) is 1. The minimum Gasteiger partial charge on any atom is -0.426 e. The van der Waals surface area contributed by atoms with Gasteiger partial charge in [0, 0.05) is 29.1 Å². The van der Waals surface area contributed by atoms with Crippen LogP contribution in [-0.2, 0) is 4.79 Å². The number of rotatable bonds is 4. The van der Waals surface area contributed by atoms with E-state index in [2.05, 4.69) is 15.9 Å². The Balaban J connectivity index is 2.42. The van der Waals surface area contributed by atoms with E-state index in [0.717, 1.165) is 10.0 Å². The summed E-state index contributed by atoms with van der Waals surface area (Å²) < 4.78 is 5.97. The van der Waals surface area contributed by atoms with Crippen molar-refractivity contribution in [3.05, 3.63) is 68.2 Å². The fourth-order valence-corrected chi connectivity index (χ4v) is 2.23. The summed E-state index contributed by atoms with van der Waals surface area (Å²) >= 11 is 3.42. The number of carbonyl (C=O) groups is 1. The molecule has 0 aliphatic heterocycles. The summed E-state index contributed by atoms with van der Waals surface area (Å²) in [4.78, 5) is 21.5. The number of carbonyl (C=O) groups excluding carboxylic acids is 1. The molecule has 0 fully saturated rings. The predicted molar refractivity (Wildman–Crippen MR) is 87.5 cm³/mol. The van der Waals surface area contributed by atoms with Crippen molar-refractivity contribution in [2.75, 3.05) is 0 Å². The zero-order valence-corrected chi connectivity index (χ0v) is 13.2. The van der Waals surface area contributed by atoms with Crippen LogP contribution in [0.1, 0.15) is 18.1 Å². The monoisotopic (exact) mass is 361 g/mol. The topological polar surface area (TPSA) is 69.4 Å². The van der Waals surface area contributed by atoms with E-state index in [0.29, 0.717) is 5.56 Å². The highest BCUT2D eigenvalue weighted by molar-refractivity contribution is 9.10. The molecule has 0 aliphatic rings. The van der Waals surface area contributed by atoms with Gasteiger partial charge in [-0.3, -0.25) is 14.9 Å². The number of benzene rings is 2. The van der Waals surface area contributed by atoms with Crippen LogP contribution >= 0.6 is 15.9 Å². The van der Waals surface area contributed by atoms with Gasteiger partial charge in [0.05, 0.1) is 4.92 Å². The number of halogens is 1. The molecule has 5 nitrogen and oxygen atoms in total. The first kappa shape index (κ1) is 15.9. The molecule has 2 rings (SSSR count). The Morgan fingerprint density at radius 1 is 1.18 bits per heavy atom. The van der Waals surface area contributed by atoms with Crippen molar-refractivity contribution in [2.45, 2.75) is 6.92 Å². The van der Waals surface area contributed by atoms with Gasteiger partial charge < -0.3 is 4.74 Å². The summed E-state index contributed by atoms with van der Waals surface area (Å²) in [7, 11) is 0. The molecule has 2 aromatic rings. The minimum atomic E-state index is -0.493. The lowest BCUT2D eigenvalue weighted by molar-refractivity contribution is -0.384. The molecule has 0 saturated heterocycles. The highest BCUT2D eigenvalue weighted by Crippen LogP contribution is 2.27. The van der Waals surface area contributed by atoms with Gasteiger partial charge in [-0.2, -0.15) is 0 Å². The van der Waals surface area contributed by atoms with Crippen LogP contribution in [0.3, 0.4) is 0 Å². The molecule has 0 bridgehead atoms. The second-order valence-corrected chi connectivity index (χ2v) is 5.28. The number of ether oxygens (including phenoxy) is 1. The molecule has 0 atom stereocenters. The van der Waals surface area contributed by atoms with Crippen LogP contribution in [0.4, 0.5) is 5.69 Å². The van der Waals surface area contributed by atoms with Crippen molar-refractivity contribution < 1.29 is 14.5 Å². The van der Waals surface area contributed by atoms with Gasteiger partial charge >= 0.3 is 5.97 Å². The van der Waals surface area contributed by atoms with Gasteiger partial charge in [-0.25, -0.2) is 0 Å². The molecule has 0 heterocycles. The molecule has 0 aliphatic carbocycles. The zero-order chi connectivity index (χ0) is 16.1. The van der Waals surface area contributed by atoms with E-state index < -0.39 is 10.9 Å². The number of hydrogen-bond acceptors (Lipinski definition) is 4. The largest absolute Gasteiger partial charge is 0.426 e. The standard InChI is InChI=1S/C16H12BrNO4/c1-11(19)22-16-9-8-14(18(20)21)10-13(16)7-6-12-4-2-3-5-15(12)17/h2-10H,1H3/b7-6+. The second-order valence-electron chi connectivity index (χ2n) is 4.43. The molecule has 0 aromatic heterocycles. The van der Waals surface area contributed by atoms with Crippen molar-refractivity contribution in [1.82, 2.24) is 0 Å². The third-order valence-electron chi connectivity index (χ3n) is 2.81. The molecule has 2 aromatic carbocycles. The van der Waals surface area contributed by atoms with Gasteiger partial charge in [-0.15, -0.1) is 0 Å². The summed E-state index contributed by atoms with van der Waals surface area (Å²) in [6.07, 6.45) is 3.46. The number of esters is 1. The van der Waals surface area contributed by atoms with Gasteiger partial charge in [-0.05, 0) is 17.7 Å². The highest BCUT2D eigenvalue weighted by atomic mass is 79.9. The van der Waals surface area contributed by atoms with E-state index in [1.165, 1.54) is 25.1 Å². The van der Waals surface area contributed by atoms with E-state index in [-0.39, 0.29) is 11.4 Å². The molecular weight excluding hydrogens is 350 g/mol. The van der Waals surface area contributed by atoms with E-state index in [4.69, 9.17) is 4.74 Å². The lowest BCUT2D eigenvalue weighted by Crippen LogP contribution is -2.03. The molecule has 0 amide bonds. The van der Waals surface area contributed by atoms with Crippen LogP contribution in [0.25, 0.3) is 12.2 Å². The Labute approximate surface area is 135 Å². The van der Waals surface area contributed by atoms with Gasteiger partial charge in [0.15, 0.2) is 0 Å². The molecule has 0 unspecified atom stereocenters. The zero-order valence-electron chi connectivity index (χ0n) is 11.7. The molecule has 0 saturated carbocycles. The predicted octanol–water partition coefficient (Wildman–Crippen LogP) is 4.45. The van der Waals surface area contributed by atoms with E-state index in [1.807, 2.05) is 24.3 Å². The Hall–Kier alpha value is -2.47. The van der Waals surface area contributed by atoms with Crippen molar-refractivity contribution >= 4 is 39.7 Å². The maximum Gasteiger partial charge on any atom is 0.308 e. The molecule has 112 valence electrons. The number of hydrogen-bond donors (Lipinski definition) is 0. The molecule has 0 spiro atoms. The van der Waals surface area contributed by atoms with Crippen LogP contribution in [0.15, 0.2) is 46.9 Å². The summed E-state index contributed by atoms with van der Waals surface area (Å²) in [5, 5.41) is 10.9. The van der Waals surface area contributed by atoms with Gasteiger partial charge in [0.25, 0.3) is 5.69 Å². The van der Waals surface area contributed by atoms with Crippen LogP contribution in [-0.4, -0.2) is 10.9 Å². The van der Waals surface area contributed by atoms with Crippen LogP contribution in [0.5, 0.6) is 5.75 Å². The lowest BCUT2D eigenvalue weighted by Gasteiger charge is -2.05. The summed E-state index contributed by atoms with van der Waals surface area (Å²) in [6, 6.07) is 11.6. The molecule has 22 heavy (non-hydrogen) atoms. The summed E-state index contributed by atoms with van der Waals surface area (Å²) in [5.74, 6) is -0.203. The average molecular weight is 362 g/mol. The Morgan fingerprint density at radius 2 is 1.86 bits per heavy atom. The van der Waals surface area contributed by atoms with Crippen molar-refractivity contribution in [1.29, 1.82) is 0 Å². The molecule has 0 N–H and O–H groups in total. The summed E-state index contributed by atoms with van der Waals surface area (Å²) in [5.41, 5.74) is 1.30. The SMILES string of the molecule is CC(=O)Oc1ccc([N+](=O)[O-])cc1/C=C/c1ccccc1Br. The van der Waals surface area contributed by atoms with Crippen molar-refractivity contribution in [3.63, 3.8) is 0 Å². The number of non-ortho nitro benzene ring substituents is 1. The van der Waals surface area contributed by atoms with E-state index in [9.17, 15) is 14.9 Å². The molecular formula is C16H12BrNO4. The normalized spacial score (nSPS) is 10.6. The maximum absolute atomic E-state index is 11.1. The van der Waals surface area contributed by atoms with Gasteiger partial charge in [0.1, 0.15) is 5.75 Å². The number of nitro benzene ring substituents is 1. The van der Waals surface area contributed by atoms with E-state index in [1.54, 1.807) is 12.2 Å². The maximum atomic E-state index is 11.1. The Bertz CT molecular complexity index is 756. The molecule has 0 radical (unpaired) electrons. The minimum absolute atomic E-state index is 0.0670. The Kier molecular flexibility index (Phi) is 5.06. The fraction of sp³-hybridized carbons (Fsp3) is 0.0625. The first-order chi connectivity index (χ1) is 10.5. The van der Waals surface area contributed by atoms with Gasteiger partial charge in [0.2, 0.25) is 0 Å². The van der Waals surface area contributed by atoms with E-state index >= 15 is 0 Å². The number of nitro groups is 1. The lowest BCUT2D eigenvalue weighted by atomic mass is 10.1. The van der Waals surface area contributed by atoms with Crippen LogP contribution in [0, 0.1) is 10.1 Å². The summed E-state index contributed by atoms with van der Waals surface area (Å²) in [6.45, 7) is 1.28.